The minimum atomic E-state index is -3.92. The van der Waals surface area contributed by atoms with Crippen molar-refractivity contribution in [2.45, 2.75) is 11.4 Å². The SMILES string of the molecule is O=S(=O)(NCc1ccc(F)cc1)c1ccccc1F. The van der Waals surface area contributed by atoms with Crippen LogP contribution in [0.15, 0.2) is 53.4 Å². The van der Waals surface area contributed by atoms with Crippen LogP contribution in [0, 0.1) is 11.6 Å². The van der Waals surface area contributed by atoms with Crippen LogP contribution in [0.3, 0.4) is 0 Å². The molecule has 0 saturated heterocycles. The Morgan fingerprint density at radius 1 is 0.947 bits per heavy atom. The average molecular weight is 283 g/mol. The Bertz CT molecular complexity index is 669. The third-order valence-electron chi connectivity index (χ3n) is 2.51. The summed E-state index contributed by atoms with van der Waals surface area (Å²) >= 11 is 0. The van der Waals surface area contributed by atoms with Crippen molar-refractivity contribution in [1.29, 1.82) is 0 Å². The molecule has 100 valence electrons. The highest BCUT2D eigenvalue weighted by atomic mass is 32.2. The monoisotopic (exact) mass is 283 g/mol. The van der Waals surface area contributed by atoms with Gasteiger partial charge in [-0.3, -0.25) is 0 Å². The molecule has 0 heterocycles. The lowest BCUT2D eigenvalue weighted by atomic mass is 10.2. The highest BCUT2D eigenvalue weighted by Crippen LogP contribution is 2.13. The second kappa shape index (κ2) is 5.46. The van der Waals surface area contributed by atoms with Gasteiger partial charge >= 0.3 is 0 Å². The van der Waals surface area contributed by atoms with Crippen molar-refractivity contribution in [3.05, 3.63) is 65.7 Å². The molecule has 2 aromatic rings. The van der Waals surface area contributed by atoms with Crippen LogP contribution in [-0.4, -0.2) is 8.42 Å². The van der Waals surface area contributed by atoms with Gasteiger partial charge in [0.15, 0.2) is 0 Å². The van der Waals surface area contributed by atoms with E-state index in [4.69, 9.17) is 0 Å². The number of hydrogen-bond acceptors (Lipinski definition) is 2. The summed E-state index contributed by atoms with van der Waals surface area (Å²) in [6, 6.07) is 10.5. The number of nitrogens with one attached hydrogen (secondary N) is 1. The lowest BCUT2D eigenvalue weighted by Crippen LogP contribution is -2.24. The zero-order chi connectivity index (χ0) is 13.9. The van der Waals surface area contributed by atoms with E-state index in [-0.39, 0.29) is 6.54 Å². The molecule has 0 aromatic heterocycles. The minimum absolute atomic E-state index is 0.0308. The highest BCUT2D eigenvalue weighted by molar-refractivity contribution is 7.89. The molecular weight excluding hydrogens is 272 g/mol. The molecule has 0 aliphatic carbocycles. The quantitative estimate of drug-likeness (QED) is 0.936. The van der Waals surface area contributed by atoms with Crippen molar-refractivity contribution in [3.63, 3.8) is 0 Å². The molecule has 2 aromatic carbocycles. The average Bonchev–Trinajstić information content (AvgIpc) is 2.38. The normalized spacial score (nSPS) is 11.5. The van der Waals surface area contributed by atoms with Gasteiger partial charge < -0.3 is 0 Å². The number of hydrogen-bond donors (Lipinski definition) is 1. The van der Waals surface area contributed by atoms with Crippen LogP contribution >= 0.6 is 0 Å². The van der Waals surface area contributed by atoms with Crippen molar-refractivity contribution in [3.8, 4) is 0 Å². The first-order chi connectivity index (χ1) is 8.99. The maximum Gasteiger partial charge on any atom is 0.243 e. The largest absolute Gasteiger partial charge is 0.243 e. The molecule has 19 heavy (non-hydrogen) atoms. The lowest BCUT2D eigenvalue weighted by Gasteiger charge is -2.07. The van der Waals surface area contributed by atoms with Crippen LogP contribution in [0.25, 0.3) is 0 Å². The molecule has 0 fully saturated rings. The van der Waals surface area contributed by atoms with E-state index >= 15 is 0 Å². The Balaban J connectivity index is 2.14. The fourth-order valence-electron chi connectivity index (χ4n) is 1.52. The Kier molecular flexibility index (Phi) is 3.92. The fraction of sp³-hybridized carbons (Fsp3) is 0.0769. The van der Waals surface area contributed by atoms with Gasteiger partial charge in [0.1, 0.15) is 16.5 Å². The molecule has 0 bridgehead atoms. The smallest absolute Gasteiger partial charge is 0.207 e. The van der Waals surface area contributed by atoms with Crippen molar-refractivity contribution in [2.24, 2.45) is 0 Å². The predicted octanol–water partition coefficient (Wildman–Crippen LogP) is 2.44. The molecule has 6 heteroatoms. The number of rotatable bonds is 4. The Morgan fingerprint density at radius 3 is 2.21 bits per heavy atom. The first-order valence-corrected chi connectivity index (χ1v) is 6.96. The van der Waals surface area contributed by atoms with E-state index in [2.05, 4.69) is 4.72 Å². The van der Waals surface area contributed by atoms with E-state index in [9.17, 15) is 17.2 Å². The molecule has 0 aliphatic rings. The van der Waals surface area contributed by atoms with Crippen LogP contribution in [0.5, 0.6) is 0 Å². The van der Waals surface area contributed by atoms with Crippen LogP contribution in [-0.2, 0) is 16.6 Å². The minimum Gasteiger partial charge on any atom is -0.207 e. The van der Waals surface area contributed by atoms with Crippen LogP contribution in [0.1, 0.15) is 5.56 Å². The van der Waals surface area contributed by atoms with Gasteiger partial charge in [-0.25, -0.2) is 21.9 Å². The summed E-state index contributed by atoms with van der Waals surface area (Å²) in [5.74, 6) is -1.21. The third-order valence-corrected chi connectivity index (χ3v) is 3.94. The molecular formula is C13H11F2NO2S. The Hall–Kier alpha value is -1.79. The topological polar surface area (TPSA) is 46.2 Å². The van der Waals surface area contributed by atoms with E-state index in [0.29, 0.717) is 5.56 Å². The summed E-state index contributed by atoms with van der Waals surface area (Å²) in [6.45, 7) is -0.0308. The van der Waals surface area contributed by atoms with E-state index in [1.807, 2.05) is 0 Å². The maximum absolute atomic E-state index is 13.4. The summed E-state index contributed by atoms with van der Waals surface area (Å²) in [5, 5.41) is 0. The zero-order valence-corrected chi connectivity index (χ0v) is 10.6. The summed E-state index contributed by atoms with van der Waals surface area (Å²) in [4.78, 5) is -0.405. The van der Waals surface area contributed by atoms with Gasteiger partial charge in [0, 0.05) is 6.54 Å². The van der Waals surface area contributed by atoms with Crippen LogP contribution < -0.4 is 4.72 Å². The van der Waals surface area contributed by atoms with Gasteiger partial charge in [0.25, 0.3) is 0 Å². The summed E-state index contributed by atoms with van der Waals surface area (Å²) in [7, 11) is -3.92. The van der Waals surface area contributed by atoms with Crippen molar-refractivity contribution < 1.29 is 17.2 Å². The maximum atomic E-state index is 13.4. The van der Waals surface area contributed by atoms with E-state index in [1.165, 1.54) is 42.5 Å². The molecule has 0 amide bonds. The van der Waals surface area contributed by atoms with Crippen molar-refractivity contribution >= 4 is 10.0 Å². The molecule has 0 spiro atoms. The van der Waals surface area contributed by atoms with Crippen LogP contribution in [0.4, 0.5) is 8.78 Å². The van der Waals surface area contributed by atoms with E-state index in [1.54, 1.807) is 0 Å². The van der Waals surface area contributed by atoms with E-state index in [0.717, 1.165) is 6.07 Å². The standard InChI is InChI=1S/C13H11F2NO2S/c14-11-7-5-10(6-8-11)9-16-19(17,18)13-4-2-1-3-12(13)15/h1-8,16H,9H2. The van der Waals surface area contributed by atoms with Gasteiger partial charge in [-0.1, -0.05) is 24.3 Å². The number of sulfonamides is 1. The molecule has 3 nitrogen and oxygen atoms in total. The van der Waals surface area contributed by atoms with Gasteiger partial charge in [0.05, 0.1) is 0 Å². The summed E-state index contributed by atoms with van der Waals surface area (Å²) < 4.78 is 52.1. The fourth-order valence-corrected chi connectivity index (χ4v) is 2.62. The molecule has 0 atom stereocenters. The first kappa shape index (κ1) is 13.6. The van der Waals surface area contributed by atoms with E-state index < -0.39 is 26.6 Å². The molecule has 0 aliphatic heterocycles. The van der Waals surface area contributed by atoms with Crippen molar-refractivity contribution in [2.75, 3.05) is 0 Å². The molecule has 2 rings (SSSR count). The molecule has 0 saturated carbocycles. The highest BCUT2D eigenvalue weighted by Gasteiger charge is 2.17. The van der Waals surface area contributed by atoms with Gasteiger partial charge in [-0.05, 0) is 29.8 Å². The summed E-state index contributed by atoms with van der Waals surface area (Å²) in [6.07, 6.45) is 0. The Labute approximate surface area is 109 Å². The lowest BCUT2D eigenvalue weighted by molar-refractivity contribution is 0.557. The first-order valence-electron chi connectivity index (χ1n) is 5.48. The van der Waals surface area contributed by atoms with Crippen LogP contribution in [0.2, 0.25) is 0 Å². The second-order valence-corrected chi connectivity index (χ2v) is 5.62. The predicted molar refractivity (Wildman–Crippen MR) is 66.8 cm³/mol. The van der Waals surface area contributed by atoms with Crippen molar-refractivity contribution in [1.82, 2.24) is 4.72 Å². The second-order valence-electron chi connectivity index (χ2n) is 3.88. The van der Waals surface area contributed by atoms with Gasteiger partial charge in [-0.2, -0.15) is 0 Å². The molecule has 0 unspecified atom stereocenters. The zero-order valence-electron chi connectivity index (χ0n) is 9.81. The third kappa shape index (κ3) is 3.36. The number of halogens is 2. The number of benzene rings is 2. The van der Waals surface area contributed by atoms with Gasteiger partial charge in [-0.15, -0.1) is 0 Å². The molecule has 1 N–H and O–H groups in total. The Morgan fingerprint density at radius 2 is 1.58 bits per heavy atom. The van der Waals surface area contributed by atoms with Gasteiger partial charge in [0.2, 0.25) is 10.0 Å². The molecule has 0 radical (unpaired) electrons. The summed E-state index contributed by atoms with van der Waals surface area (Å²) in [5.41, 5.74) is 0.585.